The number of nitrogens with two attached hydrogens (primary N) is 1. The second kappa shape index (κ2) is 46.0. The van der Waals surface area contributed by atoms with Crippen LogP contribution >= 0.6 is 0 Å². The van der Waals surface area contributed by atoms with E-state index in [0.29, 0.717) is 48.4 Å². The highest BCUT2D eigenvalue weighted by Gasteiger charge is 2.59. The van der Waals surface area contributed by atoms with Crippen molar-refractivity contribution in [3.05, 3.63) is 154 Å². The summed E-state index contributed by atoms with van der Waals surface area (Å²) < 4.78 is 28.1. The maximum absolute atomic E-state index is 14.9. The molecule has 1 unspecified atom stereocenters. The van der Waals surface area contributed by atoms with Crippen LogP contribution in [0.5, 0.6) is 5.75 Å². The summed E-state index contributed by atoms with van der Waals surface area (Å²) in [4.78, 5) is 152. The Bertz CT molecular complexity index is 4710. The number of benzene rings is 5. The molecule has 0 bridgehead atoms. The Balaban J connectivity index is 0.657. The standard InChI is InChI=1S/C94H125N11O21/c1-59(2)82(103-85(116)72(31-34-79(111)98-56-75(109)83(114)74(108)37-45-106)101-80(112)38-46-122-48-50-124-52-53-125-51-49-123-47-44-96-78(110)35-36-81(113)105-57-65-16-8-7-14-61(65)21-22-64-15-9-10-18-73(64)105)86(117)102-71(17-11-43-97-89(95)120)84(115)99-66-27-19-60(20-28-66)58-126-90(121)100-67-29-23-62-25-32-76-91(3,69(62)54-67)39-12-41-93(76,5)87(118)104-88(119)94(6)42-13-40-92(4)70-55-68(107)30-24-63(70)26-33-77(92)94/h7-10,14-16,18-20,23-24,27-30,54-55,59,71-72,74-77,82-83,106-109,114H,11-13,17,25-26,31-53,56-58H2,1-6H3,(H,96,110)(H,98,111)(H,99,115)(H,100,121)(H,101,112)(H,102,117)(H,103,116)(H3,95,97,120)(H,104,118,119)/t71-,72+,74+,75-,76?,77+,82-,83-,91+,92+,93-,94-/m0/s1. The molecule has 5 aromatic rings. The van der Waals surface area contributed by atoms with Crippen molar-refractivity contribution in [2.75, 3.05) is 94.6 Å². The molecule has 682 valence electrons. The molecule has 12 amide bonds. The van der Waals surface area contributed by atoms with Gasteiger partial charge in [-0.1, -0.05) is 121 Å². The molecule has 1 heterocycles. The third-order valence-corrected chi connectivity index (χ3v) is 25.6. The van der Waals surface area contributed by atoms with Gasteiger partial charge in [-0.25, -0.2) is 9.59 Å². The van der Waals surface area contributed by atoms with Crippen molar-refractivity contribution >= 4 is 82.4 Å². The fourth-order valence-electron chi connectivity index (χ4n) is 18.6. The van der Waals surface area contributed by atoms with Crippen LogP contribution in [0.3, 0.4) is 0 Å². The van der Waals surface area contributed by atoms with E-state index in [2.05, 4.69) is 73.5 Å². The second-order valence-electron chi connectivity index (χ2n) is 34.7. The number of ether oxygens (including phenoxy) is 5. The number of rotatable bonds is 44. The molecule has 126 heavy (non-hydrogen) atoms. The minimum Gasteiger partial charge on any atom is -0.508 e. The van der Waals surface area contributed by atoms with E-state index in [0.717, 1.165) is 78.3 Å². The Labute approximate surface area is 735 Å². The first-order valence-electron chi connectivity index (χ1n) is 43.9. The smallest absolute Gasteiger partial charge is 0.411 e. The van der Waals surface area contributed by atoms with E-state index in [4.69, 9.17) is 29.4 Å². The van der Waals surface area contributed by atoms with Crippen molar-refractivity contribution in [2.24, 2.45) is 34.3 Å². The van der Waals surface area contributed by atoms with E-state index in [1.165, 1.54) is 5.56 Å². The summed E-state index contributed by atoms with van der Waals surface area (Å²) in [7, 11) is 0. The molecule has 2 fully saturated rings. The summed E-state index contributed by atoms with van der Waals surface area (Å²) in [6, 6.07) is 28.0. The lowest BCUT2D eigenvalue weighted by Crippen LogP contribution is -2.60. The number of hydrogen-bond acceptors (Lipinski definition) is 21. The molecule has 32 nitrogen and oxygen atoms in total. The number of urea groups is 1. The number of aromatic hydroxyl groups is 1. The highest BCUT2D eigenvalue weighted by molar-refractivity contribution is 6.02. The van der Waals surface area contributed by atoms with E-state index in [1.54, 1.807) is 49.1 Å². The maximum Gasteiger partial charge on any atom is 0.411 e. The highest BCUT2D eigenvalue weighted by Crippen LogP contribution is 2.60. The summed E-state index contributed by atoms with van der Waals surface area (Å²) in [5, 5.41) is 74.9. The zero-order valence-corrected chi connectivity index (χ0v) is 73.0. The quantitative estimate of drug-likeness (QED) is 0.0110. The van der Waals surface area contributed by atoms with E-state index in [9.17, 15) is 78.3 Å². The predicted molar refractivity (Wildman–Crippen MR) is 468 cm³/mol. The SMILES string of the molecule is CC(C)[C@H](NC(=O)[C@@H](CCC(=O)NC[C@H](O)[C@@H](O)[C@H](O)CCO)NC(=O)CCOCCOCCOCCOCCNC(=O)CCC(=O)N1Cc2ccccc2C#Cc2ccccc21)C(=O)N[C@@H](CCCNC(N)=O)C(=O)Nc1ccc(COC(=O)Nc2ccc3c(c2)[C@@]2(C)CCC[C@](C)(C(=O)NC(=O)[C@@]4(C)CCC[C@]5(C)c6cc(O)ccc6CC[C@@H]45)C2CC3)cc1. The van der Waals surface area contributed by atoms with Crippen LogP contribution in [0.2, 0.25) is 0 Å². The fraction of sp³-hybridized carbons (Fsp3) is 0.543. The highest BCUT2D eigenvalue weighted by atomic mass is 16.6. The van der Waals surface area contributed by atoms with Crippen LogP contribution in [0.15, 0.2) is 109 Å². The van der Waals surface area contributed by atoms with Crippen molar-refractivity contribution < 1.29 is 102 Å². The van der Waals surface area contributed by atoms with Gasteiger partial charge in [0.1, 0.15) is 36.6 Å². The number of phenolic OH excluding ortho intramolecular Hbond substituents is 1. The van der Waals surface area contributed by atoms with Gasteiger partial charge in [0.05, 0.1) is 88.1 Å². The lowest BCUT2D eigenvalue weighted by molar-refractivity contribution is -0.150. The molecule has 4 aliphatic carbocycles. The molecular formula is C94H125N11O21. The Kier molecular flexibility index (Phi) is 35.5. The van der Waals surface area contributed by atoms with Crippen LogP contribution in [0.4, 0.5) is 26.7 Å². The van der Waals surface area contributed by atoms with Gasteiger partial charge in [-0.15, -0.1) is 0 Å². The number of primary amides is 1. The molecule has 12 atom stereocenters. The number of amides is 12. The van der Waals surface area contributed by atoms with E-state index < -0.39 is 120 Å². The number of phenols is 1. The number of hydrogen-bond donors (Lipinski definition) is 15. The van der Waals surface area contributed by atoms with Crippen LogP contribution in [-0.2, 0) is 104 Å². The summed E-state index contributed by atoms with van der Waals surface area (Å²) in [5.74, 6) is 1.07. The Morgan fingerprint density at radius 3 is 1.76 bits per heavy atom. The Morgan fingerprint density at radius 1 is 0.540 bits per heavy atom. The number of anilines is 3. The van der Waals surface area contributed by atoms with Crippen LogP contribution in [0.1, 0.15) is 189 Å². The number of aliphatic hydroxyl groups is 4. The molecule has 0 aromatic heterocycles. The first-order valence-corrected chi connectivity index (χ1v) is 43.9. The van der Waals surface area contributed by atoms with E-state index in [1.807, 2.05) is 92.7 Å². The average Bonchev–Trinajstić information content (AvgIpc) is 0.720. The number of nitrogens with zero attached hydrogens (tertiary/aromatic N) is 1. The van der Waals surface area contributed by atoms with Crippen LogP contribution in [0.25, 0.3) is 0 Å². The summed E-state index contributed by atoms with van der Waals surface area (Å²) >= 11 is 0. The van der Waals surface area contributed by atoms with Crippen LogP contribution < -0.4 is 58.5 Å². The third kappa shape index (κ3) is 25.9. The zero-order chi connectivity index (χ0) is 90.7. The van der Waals surface area contributed by atoms with Crippen LogP contribution in [-0.4, -0.2) is 206 Å². The van der Waals surface area contributed by atoms with Crippen molar-refractivity contribution in [1.82, 2.24) is 37.2 Å². The average molecular weight is 1750 g/mol. The molecule has 0 saturated heterocycles. The van der Waals surface area contributed by atoms with E-state index in [-0.39, 0.29) is 164 Å². The molecule has 10 rings (SSSR count). The molecule has 5 aliphatic rings. The number of carbonyl (C=O) groups is 11. The predicted octanol–water partition coefficient (Wildman–Crippen LogP) is 6.66. The molecule has 32 heteroatoms. The molecule has 0 radical (unpaired) electrons. The lowest BCUT2D eigenvalue weighted by Gasteiger charge is -2.56. The van der Waals surface area contributed by atoms with Gasteiger partial charge in [0.2, 0.25) is 53.2 Å². The van der Waals surface area contributed by atoms with E-state index >= 15 is 0 Å². The topological polar surface area (TPSA) is 473 Å². The van der Waals surface area contributed by atoms with Crippen LogP contribution in [0, 0.1) is 40.4 Å². The minimum absolute atomic E-state index is 0.00335. The van der Waals surface area contributed by atoms with Gasteiger partial charge in [0, 0.05) is 74.4 Å². The minimum atomic E-state index is -1.72. The number of nitrogens with one attached hydrogen (secondary N) is 9. The molecule has 1 aliphatic heterocycles. The maximum atomic E-state index is 14.9. The summed E-state index contributed by atoms with van der Waals surface area (Å²) in [6.07, 6.45) is 0.850. The van der Waals surface area contributed by atoms with Gasteiger partial charge >= 0.3 is 12.1 Å². The zero-order valence-electron chi connectivity index (χ0n) is 73.0. The number of aryl methyl sites for hydroxylation is 2. The number of carbonyl (C=O) groups excluding carboxylic acids is 11. The van der Waals surface area contributed by atoms with Crippen molar-refractivity contribution in [3.8, 4) is 17.6 Å². The first kappa shape index (κ1) is 97.3. The normalized spacial score (nSPS) is 21.0. The lowest BCUT2D eigenvalue weighted by atomic mass is 9.49. The first-order chi connectivity index (χ1) is 60.3. The van der Waals surface area contributed by atoms with Gasteiger partial charge in [-0.05, 0) is 194 Å². The second-order valence-corrected chi connectivity index (χ2v) is 34.7. The number of aliphatic hydroxyl groups excluding tert-OH is 4. The molecule has 2 saturated carbocycles. The van der Waals surface area contributed by atoms with Crippen molar-refractivity contribution in [3.63, 3.8) is 0 Å². The number of para-hydroxylation sites is 1. The van der Waals surface area contributed by atoms with Crippen molar-refractivity contribution in [2.45, 2.75) is 218 Å². The third-order valence-electron chi connectivity index (χ3n) is 25.6. The number of imide groups is 1. The monoisotopic (exact) mass is 1740 g/mol. The molecular weight excluding hydrogens is 1620 g/mol. The van der Waals surface area contributed by atoms with Gasteiger partial charge in [-0.3, -0.25) is 53.8 Å². The molecule has 5 aromatic carbocycles. The molecule has 16 N–H and O–H groups in total. The van der Waals surface area contributed by atoms with Crippen molar-refractivity contribution in [1.29, 1.82) is 0 Å². The summed E-state index contributed by atoms with van der Waals surface area (Å²) in [6.45, 7) is 12.4. The van der Waals surface area contributed by atoms with Gasteiger partial charge < -0.3 is 97.1 Å². The van der Waals surface area contributed by atoms with Gasteiger partial charge in [0.25, 0.3) is 0 Å². The Morgan fingerprint density at radius 2 is 1.12 bits per heavy atom. The fourth-order valence-corrected chi connectivity index (χ4v) is 18.6. The Hall–Kier alpha value is -10.9. The molecule has 0 spiro atoms. The number of fused-ring (bicyclic) bond motifs is 8. The van der Waals surface area contributed by atoms with Gasteiger partial charge in [0.15, 0.2) is 0 Å². The largest absolute Gasteiger partial charge is 0.508 e. The summed E-state index contributed by atoms with van der Waals surface area (Å²) in [5.41, 5.74) is 11.9. The van der Waals surface area contributed by atoms with Gasteiger partial charge in [-0.2, -0.15) is 0 Å².